The number of nitrogens with zero attached hydrogens (tertiary/aromatic N) is 5. The number of hydrogen-bond donors (Lipinski definition) is 3. The summed E-state index contributed by atoms with van der Waals surface area (Å²) in [5, 5.41) is 21.5. The number of H-pyrrole nitrogens is 1. The fourth-order valence-electron chi connectivity index (χ4n) is 3.75. The Hall–Kier alpha value is -3.97. The van der Waals surface area contributed by atoms with Gasteiger partial charge in [-0.1, -0.05) is 0 Å². The third-order valence-electron chi connectivity index (χ3n) is 5.94. The number of nitrogens with one attached hydrogen (secondary N) is 3. The standard InChI is InChI=1S/C21H20F4N8O4/c1-20(2-3-20)30-19(34)37-13-9-35-16(15(13)22)12-4-14(32-31-12)29-18-27-6-10(5-26)17-28-11(7-33(17)18)8-36-21(23,24)25/h4,6-7,13,15-16H,2-3,8-9H2,1H3,(H,30,34)(H2,27,29,31,32)/t13-,15+,16-/m1/s1. The molecule has 1 amide bonds. The number of carbonyl (C=O) groups is 1. The van der Waals surface area contributed by atoms with Crippen molar-refractivity contribution in [3.63, 3.8) is 0 Å². The molecule has 1 saturated carbocycles. The van der Waals surface area contributed by atoms with Crippen LogP contribution in [0, 0.1) is 11.3 Å². The number of aromatic amines is 1. The van der Waals surface area contributed by atoms with E-state index in [0.717, 1.165) is 12.8 Å². The molecule has 1 saturated heterocycles. The molecule has 16 heteroatoms. The van der Waals surface area contributed by atoms with Gasteiger partial charge in [0, 0.05) is 17.8 Å². The molecule has 1 aliphatic heterocycles. The zero-order valence-electron chi connectivity index (χ0n) is 19.2. The van der Waals surface area contributed by atoms with E-state index in [4.69, 9.17) is 9.47 Å². The molecular weight excluding hydrogens is 504 g/mol. The molecule has 37 heavy (non-hydrogen) atoms. The van der Waals surface area contributed by atoms with Crippen LogP contribution < -0.4 is 10.6 Å². The highest BCUT2D eigenvalue weighted by Gasteiger charge is 2.44. The number of ether oxygens (including phenoxy) is 3. The monoisotopic (exact) mass is 524 g/mol. The van der Waals surface area contributed by atoms with Gasteiger partial charge in [-0.15, -0.1) is 13.2 Å². The number of nitriles is 1. The second-order valence-corrected chi connectivity index (χ2v) is 8.93. The molecule has 2 fully saturated rings. The molecule has 0 radical (unpaired) electrons. The highest BCUT2D eigenvalue weighted by atomic mass is 19.4. The maximum absolute atomic E-state index is 15.0. The first-order valence-electron chi connectivity index (χ1n) is 11.1. The smallest absolute Gasteiger partial charge is 0.441 e. The van der Waals surface area contributed by atoms with Gasteiger partial charge in [-0.25, -0.2) is 19.2 Å². The van der Waals surface area contributed by atoms with Crippen molar-refractivity contribution in [3.8, 4) is 6.07 Å². The second kappa shape index (κ2) is 9.16. The molecule has 0 aromatic carbocycles. The lowest BCUT2D eigenvalue weighted by Gasteiger charge is -2.17. The van der Waals surface area contributed by atoms with Crippen molar-refractivity contribution >= 4 is 23.5 Å². The van der Waals surface area contributed by atoms with Crippen molar-refractivity contribution in [2.24, 2.45) is 0 Å². The molecule has 196 valence electrons. The zero-order valence-corrected chi connectivity index (χ0v) is 19.2. The van der Waals surface area contributed by atoms with E-state index in [9.17, 15) is 27.6 Å². The molecule has 3 N–H and O–H groups in total. The van der Waals surface area contributed by atoms with Crippen LogP contribution in [0.3, 0.4) is 0 Å². The summed E-state index contributed by atoms with van der Waals surface area (Å²) in [5.41, 5.74) is -0.0593. The second-order valence-electron chi connectivity index (χ2n) is 8.93. The normalized spacial score (nSPS) is 22.5. The van der Waals surface area contributed by atoms with Gasteiger partial charge in [0.15, 0.2) is 23.7 Å². The van der Waals surface area contributed by atoms with Crippen molar-refractivity contribution in [3.05, 3.63) is 35.4 Å². The molecule has 5 rings (SSSR count). The van der Waals surface area contributed by atoms with Crippen molar-refractivity contribution in [1.82, 2.24) is 29.9 Å². The molecule has 4 heterocycles. The first kappa shape index (κ1) is 24.7. The van der Waals surface area contributed by atoms with Crippen molar-refractivity contribution in [2.45, 2.75) is 56.7 Å². The lowest BCUT2D eigenvalue weighted by molar-refractivity contribution is -0.330. The Morgan fingerprint density at radius 2 is 2.22 bits per heavy atom. The van der Waals surface area contributed by atoms with E-state index < -0.39 is 37.4 Å². The number of alkyl carbamates (subject to hydrolysis) is 1. The summed E-state index contributed by atoms with van der Waals surface area (Å²) >= 11 is 0. The van der Waals surface area contributed by atoms with E-state index in [1.807, 2.05) is 13.0 Å². The highest BCUT2D eigenvalue weighted by Crippen LogP contribution is 2.36. The number of aromatic nitrogens is 5. The minimum absolute atomic E-state index is 0.0249. The SMILES string of the molecule is CC1(NC(=O)O[C@@H]2CO[C@H](c3cc(Nc4ncc(C#N)c5nc(COC(F)(F)F)cn45)n[nH]3)[C@H]2F)CC1. The van der Waals surface area contributed by atoms with Gasteiger partial charge >= 0.3 is 12.5 Å². The van der Waals surface area contributed by atoms with Crippen molar-refractivity contribution < 1.29 is 36.6 Å². The van der Waals surface area contributed by atoms with Crippen LogP contribution in [0.2, 0.25) is 0 Å². The number of alkyl halides is 4. The molecule has 3 atom stereocenters. The summed E-state index contributed by atoms with van der Waals surface area (Å²) in [5.74, 6) is 0.253. The van der Waals surface area contributed by atoms with Crippen LogP contribution in [0.5, 0.6) is 0 Å². The van der Waals surface area contributed by atoms with Gasteiger partial charge in [0.25, 0.3) is 0 Å². The molecule has 1 aliphatic carbocycles. The lowest BCUT2D eigenvalue weighted by Crippen LogP contribution is -2.39. The van der Waals surface area contributed by atoms with E-state index in [1.54, 1.807) is 0 Å². The first-order valence-corrected chi connectivity index (χ1v) is 11.1. The van der Waals surface area contributed by atoms with Gasteiger partial charge < -0.3 is 20.1 Å². The van der Waals surface area contributed by atoms with E-state index in [0.29, 0.717) is 0 Å². The van der Waals surface area contributed by atoms with Gasteiger partial charge in [0.05, 0.1) is 30.8 Å². The molecule has 12 nitrogen and oxygen atoms in total. The molecule has 0 bridgehead atoms. The minimum Gasteiger partial charge on any atom is -0.441 e. The maximum atomic E-state index is 15.0. The Morgan fingerprint density at radius 3 is 2.92 bits per heavy atom. The fourth-order valence-corrected chi connectivity index (χ4v) is 3.75. The Morgan fingerprint density at radius 1 is 1.43 bits per heavy atom. The summed E-state index contributed by atoms with van der Waals surface area (Å²) in [6, 6.07) is 3.31. The number of rotatable bonds is 7. The number of hydrogen-bond acceptors (Lipinski definition) is 9. The topological polar surface area (TPSA) is 151 Å². The Labute approximate surface area is 205 Å². The minimum atomic E-state index is -4.85. The molecule has 2 aliphatic rings. The Bertz CT molecular complexity index is 1360. The van der Waals surface area contributed by atoms with Crippen LogP contribution >= 0.6 is 0 Å². The number of fused-ring (bicyclic) bond motifs is 1. The van der Waals surface area contributed by atoms with Crippen LogP contribution in [0.25, 0.3) is 5.65 Å². The quantitative estimate of drug-likeness (QED) is 0.396. The highest BCUT2D eigenvalue weighted by molar-refractivity contribution is 5.69. The van der Waals surface area contributed by atoms with Crippen LogP contribution in [-0.2, 0) is 20.8 Å². The van der Waals surface area contributed by atoms with Gasteiger partial charge in [0.2, 0.25) is 5.95 Å². The van der Waals surface area contributed by atoms with Gasteiger partial charge in [-0.3, -0.25) is 14.2 Å². The summed E-state index contributed by atoms with van der Waals surface area (Å²) in [6.07, 6.45) is -5.31. The fraction of sp³-hybridized carbons (Fsp3) is 0.476. The zero-order chi connectivity index (χ0) is 26.4. The summed E-state index contributed by atoms with van der Waals surface area (Å²) < 4.78 is 68.0. The number of amides is 1. The number of carbonyl (C=O) groups excluding carboxylic acids is 1. The van der Waals surface area contributed by atoms with Crippen molar-refractivity contribution in [1.29, 1.82) is 5.26 Å². The average Bonchev–Trinajstić information content (AvgIpc) is 3.20. The van der Waals surface area contributed by atoms with E-state index in [-0.39, 0.29) is 46.5 Å². The van der Waals surface area contributed by atoms with Gasteiger partial charge in [-0.05, 0) is 19.8 Å². The first-order chi connectivity index (χ1) is 17.5. The summed E-state index contributed by atoms with van der Waals surface area (Å²) in [7, 11) is 0. The third kappa shape index (κ3) is 5.42. The number of anilines is 2. The van der Waals surface area contributed by atoms with Gasteiger partial charge in [0.1, 0.15) is 17.7 Å². The molecule has 0 unspecified atom stereocenters. The molecule has 0 spiro atoms. The van der Waals surface area contributed by atoms with E-state index in [1.165, 1.54) is 22.9 Å². The van der Waals surface area contributed by atoms with Crippen molar-refractivity contribution in [2.75, 3.05) is 11.9 Å². The number of imidazole rings is 1. The third-order valence-corrected chi connectivity index (χ3v) is 5.94. The largest absolute Gasteiger partial charge is 0.522 e. The molecular formula is C21H20F4N8O4. The van der Waals surface area contributed by atoms with Crippen LogP contribution in [0.1, 0.15) is 42.8 Å². The maximum Gasteiger partial charge on any atom is 0.522 e. The summed E-state index contributed by atoms with van der Waals surface area (Å²) in [6.45, 7) is 0.860. The lowest BCUT2D eigenvalue weighted by atomic mass is 10.1. The molecule has 3 aromatic heterocycles. The van der Waals surface area contributed by atoms with E-state index in [2.05, 4.69) is 35.5 Å². The number of halogens is 4. The molecule has 3 aromatic rings. The predicted molar refractivity (Wildman–Crippen MR) is 115 cm³/mol. The Balaban J connectivity index is 1.28. The van der Waals surface area contributed by atoms with E-state index >= 15 is 0 Å². The Kier molecular flexibility index (Phi) is 6.12. The van der Waals surface area contributed by atoms with Crippen LogP contribution in [0.4, 0.5) is 34.1 Å². The average molecular weight is 524 g/mol. The predicted octanol–water partition coefficient (Wildman–Crippen LogP) is 3.16. The van der Waals surface area contributed by atoms with Crippen LogP contribution in [0.15, 0.2) is 18.5 Å². The van der Waals surface area contributed by atoms with Gasteiger partial charge in [-0.2, -0.15) is 10.4 Å². The van der Waals surface area contributed by atoms with Crippen LogP contribution in [-0.4, -0.2) is 61.4 Å². The summed E-state index contributed by atoms with van der Waals surface area (Å²) in [4.78, 5) is 20.1.